The lowest BCUT2D eigenvalue weighted by molar-refractivity contribution is -0.151. The van der Waals surface area contributed by atoms with Gasteiger partial charge in [0.1, 0.15) is 0 Å². The molecule has 2 atom stereocenters. The lowest BCUT2D eigenvalue weighted by Crippen LogP contribution is -2.34. The maximum Gasteiger partial charge on any atom is 0.311 e. The zero-order valence-electron chi connectivity index (χ0n) is 20.4. The topological polar surface area (TPSA) is 55.0 Å². The molecular formula is C28H36N2O2. The van der Waals surface area contributed by atoms with Crippen LogP contribution in [0.5, 0.6) is 0 Å². The number of methoxy groups -OCH3 is 1. The molecule has 1 aromatic rings. The molecule has 0 bridgehead atoms. The summed E-state index contributed by atoms with van der Waals surface area (Å²) < 4.78 is 5.11. The molecule has 2 aliphatic carbocycles. The highest BCUT2D eigenvalue weighted by molar-refractivity contribution is 5.83. The van der Waals surface area contributed by atoms with Crippen LogP contribution in [0.3, 0.4) is 0 Å². The second-order valence-electron chi connectivity index (χ2n) is 10.2. The summed E-state index contributed by atoms with van der Waals surface area (Å²) in [7, 11) is 1.46. The van der Waals surface area contributed by atoms with Gasteiger partial charge in [0.05, 0.1) is 23.9 Å². The summed E-state index contributed by atoms with van der Waals surface area (Å²) in [5, 5.41) is 8.18. The minimum atomic E-state index is -0.630. The van der Waals surface area contributed by atoms with Crippen LogP contribution in [0.4, 0.5) is 0 Å². The Morgan fingerprint density at radius 3 is 2.12 bits per heavy atom. The summed E-state index contributed by atoms with van der Waals surface area (Å²) in [4.78, 5) is 12.5. The van der Waals surface area contributed by atoms with E-state index in [2.05, 4.69) is 93.6 Å². The van der Waals surface area contributed by atoms with Crippen LogP contribution in [-0.4, -0.2) is 23.3 Å². The normalized spacial score (nSPS) is 21.1. The second-order valence-corrected chi connectivity index (χ2v) is 10.2. The first-order valence-electron chi connectivity index (χ1n) is 11.4. The van der Waals surface area contributed by atoms with Gasteiger partial charge in [-0.05, 0) is 48.7 Å². The van der Waals surface area contributed by atoms with Crippen molar-refractivity contribution >= 4 is 17.1 Å². The van der Waals surface area contributed by atoms with Gasteiger partial charge in [0.25, 0.3) is 0 Å². The van der Waals surface area contributed by atoms with Crippen molar-refractivity contribution < 1.29 is 9.53 Å². The quantitative estimate of drug-likeness (QED) is 0.517. The summed E-state index contributed by atoms with van der Waals surface area (Å²) in [5.41, 5.74) is 4.32. The molecule has 0 radical (unpaired) electrons. The van der Waals surface area contributed by atoms with E-state index in [1.165, 1.54) is 7.11 Å². The number of aromatic amines is 1. The standard InChI is InChI=1S/C28H36N2O2/c1-19-12-8-10-14-21(16-19)24-23(27(3,4)18-28(5,6)26(31)32-7)25(30-29-24)22-15-11-9-13-20(2)17-22/h8-17,19-20H,18H2,1-7H3,(H,29,30). The molecular weight excluding hydrogens is 396 g/mol. The first kappa shape index (κ1) is 23.8. The number of carbonyl (C=O) groups is 1. The Morgan fingerprint density at radius 2 is 1.53 bits per heavy atom. The number of nitrogens with one attached hydrogen (secondary N) is 1. The van der Waals surface area contributed by atoms with E-state index in [1.54, 1.807) is 0 Å². The van der Waals surface area contributed by atoms with Crippen molar-refractivity contribution in [2.45, 2.75) is 53.4 Å². The first-order valence-corrected chi connectivity index (χ1v) is 11.4. The van der Waals surface area contributed by atoms with Crippen molar-refractivity contribution in [1.29, 1.82) is 0 Å². The van der Waals surface area contributed by atoms with Gasteiger partial charge in [-0.1, -0.05) is 88.5 Å². The van der Waals surface area contributed by atoms with E-state index in [0.717, 1.165) is 28.1 Å². The number of H-pyrrole nitrogens is 1. The maximum atomic E-state index is 12.5. The van der Waals surface area contributed by atoms with E-state index in [-0.39, 0.29) is 11.4 Å². The summed E-state index contributed by atoms with van der Waals surface area (Å²) in [6.45, 7) is 12.6. The number of rotatable bonds is 6. The van der Waals surface area contributed by atoms with Gasteiger partial charge < -0.3 is 4.74 Å². The van der Waals surface area contributed by atoms with Crippen LogP contribution in [0.1, 0.15) is 64.9 Å². The van der Waals surface area contributed by atoms with Crippen molar-refractivity contribution in [2.75, 3.05) is 7.11 Å². The largest absolute Gasteiger partial charge is 0.469 e. The van der Waals surface area contributed by atoms with E-state index < -0.39 is 5.41 Å². The van der Waals surface area contributed by atoms with E-state index in [1.807, 2.05) is 13.8 Å². The molecule has 0 aliphatic heterocycles. The Balaban J connectivity index is 2.19. The van der Waals surface area contributed by atoms with Gasteiger partial charge in [-0.15, -0.1) is 0 Å². The molecule has 1 N–H and O–H groups in total. The molecule has 4 nitrogen and oxygen atoms in total. The highest BCUT2D eigenvalue weighted by Crippen LogP contribution is 2.43. The van der Waals surface area contributed by atoms with Crippen LogP contribution in [0, 0.1) is 17.3 Å². The van der Waals surface area contributed by atoms with Crippen LogP contribution in [0.2, 0.25) is 0 Å². The van der Waals surface area contributed by atoms with Gasteiger partial charge in [0, 0.05) is 5.56 Å². The highest BCUT2D eigenvalue weighted by Gasteiger charge is 2.40. The number of hydrogen-bond donors (Lipinski definition) is 1. The smallest absolute Gasteiger partial charge is 0.311 e. The number of allylic oxidation sites excluding steroid dienone is 12. The van der Waals surface area contributed by atoms with Crippen LogP contribution in [-0.2, 0) is 14.9 Å². The molecule has 32 heavy (non-hydrogen) atoms. The predicted octanol–water partition coefficient (Wildman–Crippen LogP) is 6.57. The summed E-state index contributed by atoms with van der Waals surface area (Å²) in [6.07, 6.45) is 22.0. The van der Waals surface area contributed by atoms with Crippen LogP contribution in [0.15, 0.2) is 60.8 Å². The fourth-order valence-corrected chi connectivity index (χ4v) is 4.87. The molecule has 2 unspecified atom stereocenters. The van der Waals surface area contributed by atoms with Gasteiger partial charge in [0.2, 0.25) is 0 Å². The molecule has 3 rings (SSSR count). The lowest BCUT2D eigenvalue weighted by Gasteiger charge is -2.34. The molecule has 0 amide bonds. The Labute approximate surface area is 192 Å². The molecule has 0 saturated carbocycles. The molecule has 0 spiro atoms. The van der Waals surface area contributed by atoms with Gasteiger partial charge in [-0.3, -0.25) is 9.89 Å². The maximum absolute atomic E-state index is 12.5. The minimum Gasteiger partial charge on any atom is -0.469 e. The van der Waals surface area contributed by atoms with Crippen LogP contribution in [0.25, 0.3) is 11.1 Å². The van der Waals surface area contributed by atoms with E-state index in [0.29, 0.717) is 18.3 Å². The molecule has 0 aromatic carbocycles. The van der Waals surface area contributed by atoms with Crippen molar-refractivity contribution in [3.05, 3.63) is 77.7 Å². The van der Waals surface area contributed by atoms with Crippen molar-refractivity contribution in [3.8, 4) is 0 Å². The molecule has 0 saturated heterocycles. The number of nitrogens with zero attached hydrogens (tertiary/aromatic N) is 1. The first-order chi connectivity index (χ1) is 15.0. The Hall–Kier alpha value is -2.88. The predicted molar refractivity (Wildman–Crippen MR) is 133 cm³/mol. The van der Waals surface area contributed by atoms with Crippen LogP contribution >= 0.6 is 0 Å². The second kappa shape index (κ2) is 9.32. The number of ether oxygens (including phenoxy) is 1. The number of carbonyl (C=O) groups excluding carboxylic acids is 1. The fraction of sp³-hybridized carbons (Fsp3) is 0.429. The average Bonchev–Trinajstić information content (AvgIpc) is 2.90. The average molecular weight is 433 g/mol. The van der Waals surface area contributed by atoms with E-state index in [4.69, 9.17) is 9.84 Å². The number of esters is 1. The Kier molecular flexibility index (Phi) is 6.92. The van der Waals surface area contributed by atoms with E-state index >= 15 is 0 Å². The molecule has 1 aromatic heterocycles. The molecule has 0 fully saturated rings. The monoisotopic (exact) mass is 432 g/mol. The molecule has 1 heterocycles. The van der Waals surface area contributed by atoms with Crippen molar-refractivity contribution in [2.24, 2.45) is 17.3 Å². The summed E-state index contributed by atoms with van der Waals surface area (Å²) in [5.74, 6) is 0.425. The fourth-order valence-electron chi connectivity index (χ4n) is 4.87. The summed E-state index contributed by atoms with van der Waals surface area (Å²) >= 11 is 0. The molecule has 2 aliphatic rings. The number of hydrogen-bond acceptors (Lipinski definition) is 3. The Bertz CT molecular complexity index is 980. The van der Waals surface area contributed by atoms with Crippen molar-refractivity contribution in [1.82, 2.24) is 10.2 Å². The van der Waals surface area contributed by atoms with Gasteiger partial charge in [0.15, 0.2) is 0 Å². The summed E-state index contributed by atoms with van der Waals surface area (Å²) in [6, 6.07) is 0. The van der Waals surface area contributed by atoms with Gasteiger partial charge in [-0.25, -0.2) is 0 Å². The SMILES string of the molecule is COC(=O)C(C)(C)CC(C)(C)c1c(C2=CC(C)C=CC=C2)n[nH]c1C1=CC(C)C=CC=C1. The van der Waals surface area contributed by atoms with Gasteiger partial charge in [-0.2, -0.15) is 5.10 Å². The molecule has 4 heteroatoms. The zero-order valence-corrected chi connectivity index (χ0v) is 20.4. The molecule has 170 valence electrons. The highest BCUT2D eigenvalue weighted by atomic mass is 16.5. The number of aromatic nitrogens is 2. The third-order valence-electron chi connectivity index (χ3n) is 6.12. The van der Waals surface area contributed by atoms with Crippen molar-refractivity contribution in [3.63, 3.8) is 0 Å². The van der Waals surface area contributed by atoms with E-state index in [9.17, 15) is 4.79 Å². The lowest BCUT2D eigenvalue weighted by atomic mass is 9.69. The van der Waals surface area contributed by atoms with Crippen LogP contribution < -0.4 is 0 Å². The third-order valence-corrected chi connectivity index (χ3v) is 6.12. The minimum absolute atomic E-state index is 0.199. The third kappa shape index (κ3) is 5.12. The van der Waals surface area contributed by atoms with Gasteiger partial charge >= 0.3 is 5.97 Å². The Morgan fingerprint density at radius 1 is 0.969 bits per heavy atom. The zero-order chi connectivity index (χ0) is 23.5.